The lowest BCUT2D eigenvalue weighted by Gasteiger charge is -2.34. The smallest absolute Gasteiger partial charge is 0.332 e. The molecule has 2 aliphatic heterocycles. The summed E-state index contributed by atoms with van der Waals surface area (Å²) in [6, 6.07) is 15.3. The van der Waals surface area contributed by atoms with Crippen molar-refractivity contribution in [3.8, 4) is 11.5 Å². The summed E-state index contributed by atoms with van der Waals surface area (Å²) in [5.74, 6) is 1.12. The number of para-hydroxylation sites is 2. The highest BCUT2D eigenvalue weighted by molar-refractivity contribution is 5.87. The van der Waals surface area contributed by atoms with Gasteiger partial charge in [-0.3, -0.25) is 0 Å². The van der Waals surface area contributed by atoms with Gasteiger partial charge < -0.3 is 9.47 Å². The highest BCUT2D eigenvalue weighted by Crippen LogP contribution is 2.50. The summed E-state index contributed by atoms with van der Waals surface area (Å²) in [5, 5.41) is 0. The molecule has 0 aromatic heterocycles. The summed E-state index contributed by atoms with van der Waals surface area (Å²) >= 11 is 0. The van der Waals surface area contributed by atoms with Crippen molar-refractivity contribution in [2.75, 3.05) is 0 Å². The quantitative estimate of drug-likeness (QED) is 0.674. The second-order valence-corrected chi connectivity index (χ2v) is 4.58. The summed E-state index contributed by atoms with van der Waals surface area (Å²) in [7, 11) is 0. The van der Waals surface area contributed by atoms with E-state index >= 15 is 0 Å². The average Bonchev–Trinajstić information content (AvgIpc) is 2.82. The van der Waals surface area contributed by atoms with Gasteiger partial charge in [0.15, 0.2) is 5.60 Å². The van der Waals surface area contributed by atoms with Crippen LogP contribution in [0.25, 0.3) is 0 Å². The van der Waals surface area contributed by atoms with Gasteiger partial charge in [0.05, 0.1) is 0 Å². The molecule has 2 aromatic rings. The standard InChI is InChI=1S/C16H10O3/c17-15-9-10-16(19-15)11-5-1-3-7-13(11)18-14-8-4-2-6-12(14)16/h1-10H. The van der Waals surface area contributed by atoms with Gasteiger partial charge >= 0.3 is 5.97 Å². The topological polar surface area (TPSA) is 35.5 Å². The fourth-order valence-electron chi connectivity index (χ4n) is 2.69. The SMILES string of the molecule is O=C1C=CC2(O1)c1ccccc1Oc1ccccc12. The minimum atomic E-state index is -0.845. The molecular formula is C16H10O3. The maximum atomic E-state index is 11.6. The lowest BCUT2D eigenvalue weighted by molar-refractivity contribution is -0.143. The molecule has 92 valence electrons. The Morgan fingerprint density at radius 3 is 1.95 bits per heavy atom. The van der Waals surface area contributed by atoms with Crippen LogP contribution in [0.2, 0.25) is 0 Å². The van der Waals surface area contributed by atoms with Crippen LogP contribution in [0.3, 0.4) is 0 Å². The molecule has 1 spiro atoms. The first-order valence-electron chi connectivity index (χ1n) is 6.09. The van der Waals surface area contributed by atoms with Crippen molar-refractivity contribution < 1.29 is 14.3 Å². The second kappa shape index (κ2) is 3.48. The number of benzene rings is 2. The van der Waals surface area contributed by atoms with Crippen LogP contribution < -0.4 is 4.74 Å². The third kappa shape index (κ3) is 1.30. The van der Waals surface area contributed by atoms with Gasteiger partial charge in [-0.1, -0.05) is 36.4 Å². The van der Waals surface area contributed by atoms with E-state index in [1.165, 1.54) is 6.08 Å². The Balaban J connectivity index is 2.05. The number of hydrogen-bond acceptors (Lipinski definition) is 3. The Labute approximate surface area is 110 Å². The summed E-state index contributed by atoms with van der Waals surface area (Å²) in [6.07, 6.45) is 3.27. The molecule has 0 unspecified atom stereocenters. The molecule has 0 amide bonds. The first-order chi connectivity index (χ1) is 9.29. The molecule has 0 fully saturated rings. The number of fused-ring (bicyclic) bond motifs is 4. The Morgan fingerprint density at radius 1 is 0.842 bits per heavy atom. The number of esters is 1. The second-order valence-electron chi connectivity index (χ2n) is 4.58. The molecule has 0 saturated heterocycles. The zero-order chi connectivity index (χ0) is 12.9. The van der Waals surface area contributed by atoms with Crippen molar-refractivity contribution >= 4 is 5.97 Å². The molecule has 0 aliphatic carbocycles. The molecule has 2 aliphatic rings. The Morgan fingerprint density at radius 2 is 1.42 bits per heavy atom. The van der Waals surface area contributed by atoms with Gasteiger partial charge in [-0.05, 0) is 18.2 Å². The molecular weight excluding hydrogens is 240 g/mol. The molecule has 0 N–H and O–H groups in total. The van der Waals surface area contributed by atoms with Crippen LogP contribution in [0.15, 0.2) is 60.7 Å². The minimum Gasteiger partial charge on any atom is -0.456 e. The predicted octanol–water partition coefficient (Wildman–Crippen LogP) is 3.15. The zero-order valence-electron chi connectivity index (χ0n) is 10.00. The predicted molar refractivity (Wildman–Crippen MR) is 69.0 cm³/mol. The van der Waals surface area contributed by atoms with Gasteiger partial charge in [-0.2, -0.15) is 0 Å². The van der Waals surface area contributed by atoms with Crippen LogP contribution in [-0.4, -0.2) is 5.97 Å². The summed E-state index contributed by atoms with van der Waals surface area (Å²) < 4.78 is 11.5. The van der Waals surface area contributed by atoms with Crippen LogP contribution in [-0.2, 0) is 15.1 Å². The lowest BCUT2D eigenvalue weighted by Crippen LogP contribution is -2.30. The summed E-state index contributed by atoms with van der Waals surface area (Å²) in [5.41, 5.74) is 0.870. The van der Waals surface area contributed by atoms with Crippen LogP contribution in [0.5, 0.6) is 11.5 Å². The van der Waals surface area contributed by atoms with E-state index in [-0.39, 0.29) is 5.97 Å². The highest BCUT2D eigenvalue weighted by Gasteiger charge is 2.46. The number of carbonyl (C=O) groups is 1. The first kappa shape index (κ1) is 10.4. The Bertz CT molecular complexity index is 670. The van der Waals surface area contributed by atoms with E-state index in [1.54, 1.807) is 6.08 Å². The fraction of sp³-hybridized carbons (Fsp3) is 0.0625. The molecule has 4 rings (SSSR count). The highest BCUT2D eigenvalue weighted by atomic mass is 16.6. The number of hydrogen-bond donors (Lipinski definition) is 0. The molecule has 0 atom stereocenters. The van der Waals surface area contributed by atoms with Crippen molar-refractivity contribution in [1.29, 1.82) is 0 Å². The van der Waals surface area contributed by atoms with Crippen LogP contribution in [0, 0.1) is 0 Å². The molecule has 3 heteroatoms. The molecule has 0 radical (unpaired) electrons. The van der Waals surface area contributed by atoms with Gasteiger partial charge in [0, 0.05) is 17.2 Å². The van der Waals surface area contributed by atoms with Gasteiger partial charge in [0.2, 0.25) is 0 Å². The van der Waals surface area contributed by atoms with Crippen molar-refractivity contribution in [3.63, 3.8) is 0 Å². The normalized spacial score (nSPS) is 17.6. The third-order valence-corrected chi connectivity index (χ3v) is 3.51. The third-order valence-electron chi connectivity index (χ3n) is 3.51. The fourth-order valence-corrected chi connectivity index (χ4v) is 2.69. The van der Waals surface area contributed by atoms with Crippen LogP contribution in [0.1, 0.15) is 11.1 Å². The van der Waals surface area contributed by atoms with E-state index in [1.807, 2.05) is 48.5 Å². The molecule has 2 aromatic carbocycles. The molecule has 3 nitrogen and oxygen atoms in total. The maximum absolute atomic E-state index is 11.6. The monoisotopic (exact) mass is 250 g/mol. The van der Waals surface area contributed by atoms with Crippen molar-refractivity contribution in [2.24, 2.45) is 0 Å². The minimum absolute atomic E-state index is 0.327. The first-order valence-corrected chi connectivity index (χ1v) is 6.09. The Hall–Kier alpha value is -2.55. The molecule has 2 heterocycles. The van der Waals surface area contributed by atoms with Crippen LogP contribution >= 0.6 is 0 Å². The number of rotatable bonds is 0. The van der Waals surface area contributed by atoms with E-state index < -0.39 is 5.60 Å². The van der Waals surface area contributed by atoms with Crippen molar-refractivity contribution in [1.82, 2.24) is 0 Å². The van der Waals surface area contributed by atoms with E-state index in [0.717, 1.165) is 22.6 Å². The van der Waals surface area contributed by atoms with Crippen molar-refractivity contribution in [3.05, 3.63) is 71.8 Å². The van der Waals surface area contributed by atoms with E-state index in [4.69, 9.17) is 9.47 Å². The zero-order valence-corrected chi connectivity index (χ0v) is 10.00. The number of carbonyl (C=O) groups excluding carboxylic acids is 1. The molecule has 0 bridgehead atoms. The molecule has 0 saturated carbocycles. The van der Waals surface area contributed by atoms with Crippen molar-refractivity contribution in [2.45, 2.75) is 5.60 Å². The maximum Gasteiger partial charge on any atom is 0.332 e. The van der Waals surface area contributed by atoms with E-state index in [2.05, 4.69) is 0 Å². The van der Waals surface area contributed by atoms with E-state index in [0.29, 0.717) is 0 Å². The summed E-state index contributed by atoms with van der Waals surface area (Å²) in [6.45, 7) is 0. The summed E-state index contributed by atoms with van der Waals surface area (Å²) in [4.78, 5) is 11.6. The Kier molecular flexibility index (Phi) is 1.90. The molecule has 19 heavy (non-hydrogen) atoms. The van der Waals surface area contributed by atoms with Gasteiger partial charge in [0.1, 0.15) is 11.5 Å². The number of ether oxygens (including phenoxy) is 2. The van der Waals surface area contributed by atoms with Gasteiger partial charge in [-0.15, -0.1) is 0 Å². The average molecular weight is 250 g/mol. The van der Waals surface area contributed by atoms with Gasteiger partial charge in [0.25, 0.3) is 0 Å². The van der Waals surface area contributed by atoms with Crippen LogP contribution in [0.4, 0.5) is 0 Å². The largest absolute Gasteiger partial charge is 0.456 e. The van der Waals surface area contributed by atoms with E-state index in [9.17, 15) is 4.79 Å². The lowest BCUT2D eigenvalue weighted by atomic mass is 9.83. The van der Waals surface area contributed by atoms with Gasteiger partial charge in [-0.25, -0.2) is 4.79 Å².